The second-order valence-electron chi connectivity index (χ2n) is 8.63. The first-order valence-corrected chi connectivity index (χ1v) is 10.9. The van der Waals surface area contributed by atoms with Crippen LogP contribution in [0, 0.1) is 5.92 Å². The number of H-pyrrole nitrogens is 1. The van der Waals surface area contributed by atoms with Crippen LogP contribution >= 0.6 is 0 Å². The van der Waals surface area contributed by atoms with Crippen molar-refractivity contribution in [2.75, 3.05) is 0 Å². The van der Waals surface area contributed by atoms with E-state index < -0.39 is 12.0 Å². The van der Waals surface area contributed by atoms with Crippen molar-refractivity contribution in [1.82, 2.24) is 30.4 Å². The Morgan fingerprint density at radius 2 is 2.06 bits per heavy atom. The summed E-state index contributed by atoms with van der Waals surface area (Å²) in [7, 11) is 1.91. The van der Waals surface area contributed by atoms with Crippen molar-refractivity contribution in [3.63, 3.8) is 0 Å². The molecule has 2 heterocycles. The zero-order valence-corrected chi connectivity index (χ0v) is 17.5. The van der Waals surface area contributed by atoms with Crippen molar-refractivity contribution < 1.29 is 9.90 Å². The van der Waals surface area contributed by atoms with Crippen molar-refractivity contribution >= 4 is 5.91 Å². The molecule has 8 nitrogen and oxygen atoms in total. The van der Waals surface area contributed by atoms with Gasteiger partial charge in [-0.1, -0.05) is 30.3 Å². The largest absolute Gasteiger partial charge is 0.392 e. The van der Waals surface area contributed by atoms with Crippen LogP contribution in [0.2, 0.25) is 0 Å². The number of rotatable bonds is 7. The quantitative estimate of drug-likeness (QED) is 0.465. The first-order valence-electron chi connectivity index (χ1n) is 10.9. The minimum absolute atomic E-state index is 0.0485. The Labute approximate surface area is 181 Å². The van der Waals surface area contributed by atoms with E-state index in [4.69, 9.17) is 0 Å². The highest BCUT2D eigenvalue weighted by atomic mass is 16.3. The molecule has 2 aliphatic rings. The van der Waals surface area contributed by atoms with Gasteiger partial charge in [-0.2, -0.15) is 5.10 Å². The molecule has 0 unspecified atom stereocenters. The number of imidazole rings is 1. The van der Waals surface area contributed by atoms with Gasteiger partial charge in [0.05, 0.1) is 17.7 Å². The SMILES string of the molecule is Cn1nccc1CN[C@@H]1C[C@H](C(=O)NC2CC2)[C@@H](O)[C@H]1c1cnc(-c2ccccc2)[nH]1. The van der Waals surface area contributed by atoms with Crippen LogP contribution < -0.4 is 10.6 Å². The summed E-state index contributed by atoms with van der Waals surface area (Å²) in [6, 6.07) is 12.1. The summed E-state index contributed by atoms with van der Waals surface area (Å²) in [6.07, 6.45) is 5.40. The zero-order valence-electron chi connectivity index (χ0n) is 17.5. The Morgan fingerprint density at radius 3 is 2.77 bits per heavy atom. The number of nitrogens with zero attached hydrogens (tertiary/aromatic N) is 3. The van der Waals surface area contributed by atoms with Crippen LogP contribution in [0.3, 0.4) is 0 Å². The summed E-state index contributed by atoms with van der Waals surface area (Å²) in [5.41, 5.74) is 2.88. The zero-order chi connectivity index (χ0) is 21.4. The van der Waals surface area contributed by atoms with Crippen LogP contribution in [0.4, 0.5) is 0 Å². The molecule has 2 saturated carbocycles. The second kappa shape index (κ2) is 8.28. The highest BCUT2D eigenvalue weighted by Gasteiger charge is 2.47. The molecular formula is C23H28N6O2. The van der Waals surface area contributed by atoms with E-state index in [9.17, 15) is 9.90 Å². The third kappa shape index (κ3) is 4.13. The summed E-state index contributed by atoms with van der Waals surface area (Å²) >= 11 is 0. The predicted octanol–water partition coefficient (Wildman–Crippen LogP) is 1.71. The number of benzene rings is 1. The number of aliphatic hydroxyl groups excluding tert-OH is 1. The first-order chi connectivity index (χ1) is 15.1. The highest BCUT2D eigenvalue weighted by Crippen LogP contribution is 2.39. The number of aromatic nitrogens is 4. The normalized spacial score (nSPS) is 25.6. The molecule has 8 heteroatoms. The van der Waals surface area contributed by atoms with Crippen molar-refractivity contribution in [1.29, 1.82) is 0 Å². The summed E-state index contributed by atoms with van der Waals surface area (Å²) in [6.45, 7) is 0.612. The first kappa shape index (κ1) is 20.0. The Hall–Kier alpha value is -2.97. The summed E-state index contributed by atoms with van der Waals surface area (Å²) in [5.74, 6) is 0.0120. The van der Waals surface area contributed by atoms with E-state index in [1.54, 1.807) is 12.4 Å². The summed E-state index contributed by atoms with van der Waals surface area (Å²) < 4.78 is 1.83. The molecule has 2 aromatic heterocycles. The molecule has 2 aliphatic carbocycles. The van der Waals surface area contributed by atoms with Gasteiger partial charge in [0.25, 0.3) is 0 Å². The fraction of sp³-hybridized carbons (Fsp3) is 0.435. The van der Waals surface area contributed by atoms with Crippen LogP contribution in [0.1, 0.15) is 36.6 Å². The molecule has 0 bridgehead atoms. The van der Waals surface area contributed by atoms with Crippen molar-refractivity contribution in [3.05, 3.63) is 60.2 Å². The third-order valence-electron chi connectivity index (χ3n) is 6.45. The highest BCUT2D eigenvalue weighted by molar-refractivity contribution is 5.80. The van der Waals surface area contributed by atoms with Crippen molar-refractivity contribution in [2.24, 2.45) is 13.0 Å². The minimum Gasteiger partial charge on any atom is -0.392 e. The number of aryl methyl sites for hydroxylation is 1. The number of nitrogens with one attached hydrogen (secondary N) is 3. The predicted molar refractivity (Wildman–Crippen MR) is 116 cm³/mol. The molecule has 4 N–H and O–H groups in total. The van der Waals surface area contributed by atoms with E-state index in [0.717, 1.165) is 35.6 Å². The Kier molecular flexibility index (Phi) is 5.33. The van der Waals surface area contributed by atoms with Crippen molar-refractivity contribution in [2.45, 2.75) is 49.9 Å². The average molecular weight is 421 g/mol. The van der Waals surface area contributed by atoms with Crippen LogP contribution in [0.5, 0.6) is 0 Å². The summed E-state index contributed by atoms with van der Waals surface area (Å²) in [5, 5.41) is 22.0. The van der Waals surface area contributed by atoms with Crippen LogP contribution in [-0.2, 0) is 18.4 Å². The van der Waals surface area contributed by atoms with Crippen molar-refractivity contribution in [3.8, 4) is 11.4 Å². The van der Waals surface area contributed by atoms with E-state index in [1.165, 1.54) is 0 Å². The number of hydrogen-bond donors (Lipinski definition) is 4. The fourth-order valence-electron chi connectivity index (χ4n) is 4.51. The molecule has 162 valence electrons. The van der Waals surface area contributed by atoms with E-state index in [1.807, 2.05) is 48.1 Å². The molecule has 0 saturated heterocycles. The Bertz CT molecular complexity index is 1040. The van der Waals surface area contributed by atoms with Gasteiger partial charge in [0.15, 0.2) is 0 Å². The van der Waals surface area contributed by atoms with E-state index in [0.29, 0.717) is 13.0 Å². The Morgan fingerprint density at radius 1 is 1.26 bits per heavy atom. The number of carbonyl (C=O) groups is 1. The maximum Gasteiger partial charge on any atom is 0.226 e. The monoisotopic (exact) mass is 420 g/mol. The van der Waals surface area contributed by atoms with E-state index >= 15 is 0 Å². The van der Waals surface area contributed by atoms with Crippen LogP contribution in [-0.4, -0.2) is 48.9 Å². The molecule has 3 aromatic rings. The number of aliphatic hydroxyl groups is 1. The van der Waals surface area contributed by atoms with Gasteiger partial charge in [0.1, 0.15) is 5.82 Å². The fourth-order valence-corrected chi connectivity index (χ4v) is 4.51. The third-order valence-corrected chi connectivity index (χ3v) is 6.45. The van der Waals surface area contributed by atoms with E-state index in [2.05, 4.69) is 25.7 Å². The maximum atomic E-state index is 12.8. The molecule has 1 aromatic carbocycles. The number of aromatic amines is 1. The molecule has 0 spiro atoms. The van der Waals surface area contributed by atoms with Crippen LogP contribution in [0.25, 0.3) is 11.4 Å². The lowest BCUT2D eigenvalue weighted by Gasteiger charge is -2.22. The van der Waals surface area contributed by atoms with E-state index in [-0.39, 0.29) is 23.9 Å². The molecule has 0 aliphatic heterocycles. The second-order valence-corrected chi connectivity index (χ2v) is 8.63. The Balaban J connectivity index is 1.39. The number of amides is 1. The van der Waals surface area contributed by atoms with Gasteiger partial charge in [-0.05, 0) is 25.3 Å². The number of carbonyl (C=O) groups excluding carboxylic acids is 1. The lowest BCUT2D eigenvalue weighted by Crippen LogP contribution is -2.37. The number of hydrogen-bond acceptors (Lipinski definition) is 5. The summed E-state index contributed by atoms with van der Waals surface area (Å²) in [4.78, 5) is 20.7. The molecule has 2 fully saturated rings. The van der Waals surface area contributed by atoms with Gasteiger partial charge in [0, 0.05) is 55.2 Å². The molecular weight excluding hydrogens is 392 g/mol. The van der Waals surface area contributed by atoms with Gasteiger partial charge in [0.2, 0.25) is 5.91 Å². The van der Waals surface area contributed by atoms with Gasteiger partial charge in [-0.25, -0.2) is 4.98 Å². The van der Waals surface area contributed by atoms with Gasteiger partial charge in [-0.3, -0.25) is 9.48 Å². The molecule has 1 amide bonds. The molecule has 5 rings (SSSR count). The smallest absolute Gasteiger partial charge is 0.226 e. The van der Waals surface area contributed by atoms with Crippen LogP contribution in [0.15, 0.2) is 48.8 Å². The standard InChI is InChI=1S/C23H28N6O2/c1-29-16(9-10-26-29)12-24-18-11-17(23(31)27-15-7-8-15)21(30)20(18)19-13-25-22(28-19)14-5-3-2-4-6-14/h2-6,9-10,13,15,17-18,20-21,24,30H,7-8,11-12H2,1H3,(H,25,28)(H,27,31)/t17-,18+,20+,21+/m0/s1. The van der Waals surface area contributed by atoms with Gasteiger partial charge in [-0.15, -0.1) is 0 Å². The molecule has 4 atom stereocenters. The minimum atomic E-state index is -0.785. The average Bonchev–Trinajstić information content (AvgIpc) is 3.15. The molecule has 0 radical (unpaired) electrons. The molecule has 31 heavy (non-hydrogen) atoms. The van der Waals surface area contributed by atoms with Gasteiger partial charge < -0.3 is 20.7 Å². The lowest BCUT2D eigenvalue weighted by atomic mass is 9.96. The lowest BCUT2D eigenvalue weighted by molar-refractivity contribution is -0.127. The van der Waals surface area contributed by atoms with Gasteiger partial charge >= 0.3 is 0 Å². The maximum absolute atomic E-state index is 12.8. The topological polar surface area (TPSA) is 108 Å².